The van der Waals surface area contributed by atoms with Gasteiger partial charge in [0, 0.05) is 67.2 Å². The van der Waals surface area contributed by atoms with Gasteiger partial charge in [0.15, 0.2) is 0 Å². The Morgan fingerprint density at radius 1 is 0.321 bits per heavy atom. The van der Waals surface area contributed by atoms with E-state index in [1.165, 1.54) is 99.2 Å². The molecule has 3 heterocycles. The number of hydrogen-bond acceptors (Lipinski definition) is 4. The molecule has 0 aliphatic heterocycles. The second-order valence-corrected chi connectivity index (χ2v) is 17.6. The molecule has 0 N–H and O–H groups in total. The van der Waals surface area contributed by atoms with E-state index in [9.17, 15) is 0 Å². The van der Waals surface area contributed by atoms with E-state index in [2.05, 4.69) is 193 Å². The first kappa shape index (κ1) is 32.0. The van der Waals surface area contributed by atoms with Gasteiger partial charge in [-0.2, -0.15) is 0 Å². The second kappa shape index (κ2) is 12.6. The Morgan fingerprint density at radius 2 is 0.911 bits per heavy atom. The van der Waals surface area contributed by atoms with Crippen LogP contribution in [0.25, 0.3) is 93.5 Å². The predicted octanol–water partition coefficient (Wildman–Crippen LogP) is 16.7. The van der Waals surface area contributed by atoms with Crippen LogP contribution in [0.4, 0.5) is 17.1 Å². The van der Waals surface area contributed by atoms with Gasteiger partial charge in [0.25, 0.3) is 0 Å². The normalized spacial score (nSPS) is 11.9. The smallest absolute Gasteiger partial charge is 0.0640 e. The van der Waals surface area contributed by atoms with Gasteiger partial charge in [-0.3, -0.25) is 0 Å². The minimum Gasteiger partial charge on any atom is -0.309 e. The predicted molar refractivity (Wildman–Crippen MR) is 248 cm³/mol. The number of anilines is 3. The largest absolute Gasteiger partial charge is 0.309 e. The van der Waals surface area contributed by atoms with Crippen molar-refractivity contribution in [2.45, 2.75) is 0 Å². The molecule has 0 amide bonds. The molecule has 12 aromatic rings. The van der Waals surface area contributed by atoms with Crippen molar-refractivity contribution in [1.82, 2.24) is 0 Å². The van der Waals surface area contributed by atoms with E-state index in [0.29, 0.717) is 0 Å². The maximum Gasteiger partial charge on any atom is 0.0640 e. The SMILES string of the molecule is c1ccc(-c2cccc(N(c3ccc4sc5ccc6ccccc6c5c4c3)c3cccc4c3sc3cccc(-c5cccc6sc7ccccc7c56)c34)c2)cc1. The quantitative estimate of drug-likeness (QED) is 0.169. The number of rotatable bonds is 5. The molecule has 0 radical (unpaired) electrons. The Balaban J connectivity index is 1.13. The Labute approximate surface area is 335 Å². The fraction of sp³-hybridized carbons (Fsp3) is 0. The standard InChI is InChI=1S/C52H31NS3/c1-2-12-32(13-3-1)34-15-8-16-35(30-34)53(36-27-29-45-42(31-36)49-37-17-5-4-14-33(37)26-28-48(49)55-45)43-22-9-21-41-51-39(20-11-25-47(51)56-52(41)43)38-19-10-24-46-50(38)40-18-6-7-23-44(40)54-46/h1-31H. The molecule has 0 unspecified atom stereocenters. The highest BCUT2D eigenvalue weighted by Gasteiger charge is 2.22. The molecule has 0 aliphatic carbocycles. The molecule has 0 spiro atoms. The highest BCUT2D eigenvalue weighted by Crippen LogP contribution is 2.50. The van der Waals surface area contributed by atoms with Gasteiger partial charge in [-0.1, -0.05) is 127 Å². The topological polar surface area (TPSA) is 3.24 Å². The molecule has 0 atom stereocenters. The van der Waals surface area contributed by atoms with E-state index in [-0.39, 0.29) is 0 Å². The fourth-order valence-corrected chi connectivity index (χ4v) is 12.3. The second-order valence-electron chi connectivity index (χ2n) is 14.4. The Bertz CT molecular complexity index is 3500. The van der Waals surface area contributed by atoms with Crippen molar-refractivity contribution in [3.05, 3.63) is 188 Å². The summed E-state index contributed by atoms with van der Waals surface area (Å²) in [7, 11) is 0. The molecule has 9 aromatic carbocycles. The number of benzene rings is 9. The van der Waals surface area contributed by atoms with Crippen molar-refractivity contribution in [2.75, 3.05) is 4.90 Å². The number of hydrogen-bond donors (Lipinski definition) is 0. The van der Waals surface area contributed by atoms with Crippen LogP contribution in [0.3, 0.4) is 0 Å². The summed E-state index contributed by atoms with van der Waals surface area (Å²) in [6.07, 6.45) is 0. The Hall–Kier alpha value is -6.30. The zero-order chi connectivity index (χ0) is 36.7. The third-order valence-corrected chi connectivity index (χ3v) is 14.7. The molecule has 1 nitrogen and oxygen atoms in total. The first-order valence-corrected chi connectivity index (χ1v) is 21.4. The summed E-state index contributed by atoms with van der Waals surface area (Å²) >= 11 is 5.66. The van der Waals surface area contributed by atoms with Crippen LogP contribution in [0.1, 0.15) is 0 Å². The third kappa shape index (κ3) is 4.90. The van der Waals surface area contributed by atoms with Crippen molar-refractivity contribution in [3.8, 4) is 22.3 Å². The zero-order valence-electron chi connectivity index (χ0n) is 30.1. The van der Waals surface area contributed by atoms with E-state index in [1.807, 2.05) is 34.0 Å². The fourth-order valence-electron chi connectivity index (χ4n) is 8.79. The summed E-state index contributed by atoms with van der Waals surface area (Å²) in [5.74, 6) is 0. The molecule has 12 rings (SSSR count). The molecule has 0 bridgehead atoms. The average molecular weight is 766 g/mol. The van der Waals surface area contributed by atoms with Crippen LogP contribution in [0.15, 0.2) is 188 Å². The van der Waals surface area contributed by atoms with E-state index in [4.69, 9.17) is 0 Å². The van der Waals surface area contributed by atoms with Gasteiger partial charge in [0.05, 0.1) is 10.4 Å². The summed E-state index contributed by atoms with van der Waals surface area (Å²) < 4.78 is 7.86. The molecule has 0 fully saturated rings. The minimum atomic E-state index is 1.13. The minimum absolute atomic E-state index is 1.13. The lowest BCUT2D eigenvalue weighted by atomic mass is 9.95. The van der Waals surface area contributed by atoms with Crippen LogP contribution in [-0.4, -0.2) is 0 Å². The maximum atomic E-state index is 2.49. The molecule has 56 heavy (non-hydrogen) atoms. The summed E-state index contributed by atoms with van der Waals surface area (Å²) in [5, 5.41) is 10.5. The first-order chi connectivity index (χ1) is 27.8. The third-order valence-electron chi connectivity index (χ3n) is 11.2. The summed E-state index contributed by atoms with van der Waals surface area (Å²) in [6.45, 7) is 0. The van der Waals surface area contributed by atoms with Gasteiger partial charge in [0.1, 0.15) is 0 Å². The van der Waals surface area contributed by atoms with Crippen molar-refractivity contribution >= 4 is 122 Å². The lowest BCUT2D eigenvalue weighted by molar-refractivity contribution is 1.31. The summed E-state index contributed by atoms with van der Waals surface area (Å²) in [5.41, 5.74) is 8.45. The lowest BCUT2D eigenvalue weighted by Gasteiger charge is -2.27. The zero-order valence-corrected chi connectivity index (χ0v) is 32.5. The van der Waals surface area contributed by atoms with Crippen molar-refractivity contribution < 1.29 is 0 Å². The van der Waals surface area contributed by atoms with Gasteiger partial charge in [-0.05, 0) is 93.7 Å². The van der Waals surface area contributed by atoms with Crippen LogP contribution < -0.4 is 4.90 Å². The van der Waals surface area contributed by atoms with Gasteiger partial charge >= 0.3 is 0 Å². The Kier molecular flexibility index (Phi) is 7.21. The molecule has 4 heteroatoms. The van der Waals surface area contributed by atoms with E-state index >= 15 is 0 Å². The highest BCUT2D eigenvalue weighted by molar-refractivity contribution is 7.27. The van der Waals surface area contributed by atoms with E-state index in [0.717, 1.165) is 11.4 Å². The van der Waals surface area contributed by atoms with Crippen LogP contribution in [0.5, 0.6) is 0 Å². The molecule has 3 aromatic heterocycles. The van der Waals surface area contributed by atoms with Crippen LogP contribution >= 0.6 is 34.0 Å². The van der Waals surface area contributed by atoms with Gasteiger partial charge < -0.3 is 4.90 Å². The molecule has 262 valence electrons. The van der Waals surface area contributed by atoms with E-state index in [1.54, 1.807) is 0 Å². The van der Waals surface area contributed by atoms with Gasteiger partial charge in [-0.25, -0.2) is 0 Å². The van der Waals surface area contributed by atoms with Gasteiger partial charge in [-0.15, -0.1) is 34.0 Å². The highest BCUT2D eigenvalue weighted by atomic mass is 32.1. The van der Waals surface area contributed by atoms with Crippen LogP contribution in [0, 0.1) is 0 Å². The summed E-state index contributed by atoms with van der Waals surface area (Å²) in [4.78, 5) is 2.49. The summed E-state index contributed by atoms with van der Waals surface area (Å²) in [6, 6.07) is 69.5. The number of nitrogens with zero attached hydrogens (tertiary/aromatic N) is 1. The first-order valence-electron chi connectivity index (χ1n) is 18.9. The maximum absolute atomic E-state index is 2.49. The number of fused-ring (bicyclic) bond motifs is 11. The molecule has 0 saturated carbocycles. The molecular weight excluding hydrogens is 735 g/mol. The number of thiophene rings is 3. The monoisotopic (exact) mass is 765 g/mol. The van der Waals surface area contributed by atoms with Crippen LogP contribution in [0.2, 0.25) is 0 Å². The average Bonchev–Trinajstić information content (AvgIpc) is 3.96. The van der Waals surface area contributed by atoms with Crippen LogP contribution in [-0.2, 0) is 0 Å². The van der Waals surface area contributed by atoms with Crippen molar-refractivity contribution in [3.63, 3.8) is 0 Å². The van der Waals surface area contributed by atoms with Gasteiger partial charge in [0.2, 0.25) is 0 Å². The Morgan fingerprint density at radius 3 is 1.77 bits per heavy atom. The van der Waals surface area contributed by atoms with Crippen molar-refractivity contribution in [1.29, 1.82) is 0 Å². The molecule has 0 saturated heterocycles. The van der Waals surface area contributed by atoms with Crippen molar-refractivity contribution in [2.24, 2.45) is 0 Å². The molecular formula is C52H31NS3. The molecule has 0 aliphatic rings. The lowest BCUT2D eigenvalue weighted by Crippen LogP contribution is -2.10. The van der Waals surface area contributed by atoms with E-state index < -0.39 is 0 Å².